The Kier molecular flexibility index (Phi) is 2.42. The lowest BCUT2D eigenvalue weighted by molar-refractivity contribution is 0.275. The average molecular weight is 265 g/mol. The molecule has 3 N–H and O–H groups in total. The van der Waals surface area contributed by atoms with Crippen molar-refractivity contribution in [3.8, 4) is 5.75 Å². The molecule has 2 heterocycles. The molecule has 0 fully saturated rings. The van der Waals surface area contributed by atoms with E-state index < -0.39 is 0 Å². The molecule has 0 aliphatic carbocycles. The largest absolute Gasteiger partial charge is 0.493 e. The van der Waals surface area contributed by atoms with E-state index in [2.05, 4.69) is 11.1 Å². The lowest BCUT2D eigenvalue weighted by Crippen LogP contribution is -2.16. The van der Waals surface area contributed by atoms with Gasteiger partial charge in [0.15, 0.2) is 0 Å². The molecule has 0 saturated heterocycles. The van der Waals surface area contributed by atoms with Gasteiger partial charge in [-0.15, -0.1) is 0 Å². The van der Waals surface area contributed by atoms with E-state index in [0.717, 1.165) is 41.3 Å². The van der Waals surface area contributed by atoms with Crippen LogP contribution in [0.2, 0.25) is 0 Å². The smallest absolute Gasteiger partial charge is 0.123 e. The molecule has 0 amide bonds. The van der Waals surface area contributed by atoms with Gasteiger partial charge >= 0.3 is 0 Å². The van der Waals surface area contributed by atoms with Gasteiger partial charge in [0.2, 0.25) is 0 Å². The van der Waals surface area contributed by atoms with Crippen LogP contribution in [0.15, 0.2) is 42.5 Å². The minimum atomic E-state index is 0.258. The van der Waals surface area contributed by atoms with Crippen molar-refractivity contribution in [2.45, 2.75) is 12.3 Å². The highest BCUT2D eigenvalue weighted by atomic mass is 16.5. The van der Waals surface area contributed by atoms with Crippen LogP contribution in [0.5, 0.6) is 5.75 Å². The quantitative estimate of drug-likeness (QED) is 0.665. The van der Waals surface area contributed by atoms with Gasteiger partial charge in [-0.1, -0.05) is 18.2 Å². The zero-order valence-corrected chi connectivity index (χ0v) is 11.0. The maximum atomic E-state index is 5.82. The summed E-state index contributed by atoms with van der Waals surface area (Å²) in [7, 11) is 0. The van der Waals surface area contributed by atoms with Crippen molar-refractivity contribution in [2.24, 2.45) is 0 Å². The maximum absolute atomic E-state index is 5.82. The Hall–Kier alpha value is -2.49. The Balaban J connectivity index is 1.84. The Labute approximate surface area is 116 Å². The van der Waals surface area contributed by atoms with Gasteiger partial charge in [0.05, 0.1) is 17.6 Å². The zero-order valence-electron chi connectivity index (χ0n) is 11.0. The summed E-state index contributed by atoms with van der Waals surface area (Å²) in [6.07, 6.45) is 0.937. The first-order valence-corrected chi connectivity index (χ1v) is 6.78. The normalized spacial score (nSPS) is 17.7. The first-order chi connectivity index (χ1) is 9.81. The van der Waals surface area contributed by atoms with Gasteiger partial charge in [0.25, 0.3) is 0 Å². The van der Waals surface area contributed by atoms with Gasteiger partial charge in [0.1, 0.15) is 11.6 Å². The SMILES string of the molecule is Nc1ccc2nc(C3CCOc4ccccc43)[nH]c2c1. The Bertz CT molecular complexity index is 778. The summed E-state index contributed by atoms with van der Waals surface area (Å²) in [5.41, 5.74) is 9.72. The van der Waals surface area contributed by atoms with Crippen molar-refractivity contribution < 1.29 is 4.74 Å². The van der Waals surface area contributed by atoms with E-state index in [-0.39, 0.29) is 5.92 Å². The highest BCUT2D eigenvalue weighted by Gasteiger charge is 2.25. The number of H-pyrrole nitrogens is 1. The molecular formula is C16H15N3O. The molecule has 100 valence electrons. The Morgan fingerprint density at radius 2 is 2.10 bits per heavy atom. The third-order valence-electron chi connectivity index (χ3n) is 3.81. The zero-order chi connectivity index (χ0) is 13.5. The van der Waals surface area contributed by atoms with Crippen molar-refractivity contribution in [2.75, 3.05) is 12.3 Å². The number of ether oxygens (including phenoxy) is 1. The second-order valence-corrected chi connectivity index (χ2v) is 5.13. The highest BCUT2D eigenvalue weighted by Crippen LogP contribution is 2.37. The number of para-hydroxylation sites is 1. The number of hydrogen-bond acceptors (Lipinski definition) is 3. The topological polar surface area (TPSA) is 63.9 Å². The fourth-order valence-corrected chi connectivity index (χ4v) is 2.84. The van der Waals surface area contributed by atoms with Crippen molar-refractivity contribution >= 4 is 16.7 Å². The molecule has 0 bridgehead atoms. The number of nitrogen functional groups attached to an aromatic ring is 1. The molecule has 1 unspecified atom stereocenters. The molecule has 4 rings (SSSR count). The van der Waals surface area contributed by atoms with Crippen LogP contribution in [0.1, 0.15) is 23.7 Å². The number of benzene rings is 2. The molecule has 1 atom stereocenters. The molecular weight excluding hydrogens is 250 g/mol. The minimum Gasteiger partial charge on any atom is -0.493 e. The van der Waals surface area contributed by atoms with E-state index in [0.29, 0.717) is 0 Å². The highest BCUT2D eigenvalue weighted by molar-refractivity contribution is 5.79. The summed E-state index contributed by atoms with van der Waals surface area (Å²) in [5, 5.41) is 0. The monoisotopic (exact) mass is 265 g/mol. The molecule has 0 radical (unpaired) electrons. The van der Waals surface area contributed by atoms with E-state index in [1.807, 2.05) is 36.4 Å². The van der Waals surface area contributed by atoms with Gasteiger partial charge in [-0.2, -0.15) is 0 Å². The number of nitrogens with two attached hydrogens (primary N) is 1. The molecule has 4 nitrogen and oxygen atoms in total. The predicted octanol–water partition coefficient (Wildman–Crippen LogP) is 3.06. The van der Waals surface area contributed by atoms with Crippen LogP contribution in [0, 0.1) is 0 Å². The lowest BCUT2D eigenvalue weighted by atomic mass is 9.92. The van der Waals surface area contributed by atoms with Crippen LogP contribution in [0.25, 0.3) is 11.0 Å². The molecule has 4 heteroatoms. The molecule has 1 aromatic heterocycles. The fourth-order valence-electron chi connectivity index (χ4n) is 2.84. The van der Waals surface area contributed by atoms with Crippen molar-refractivity contribution in [3.05, 3.63) is 53.9 Å². The van der Waals surface area contributed by atoms with E-state index in [9.17, 15) is 0 Å². The lowest BCUT2D eigenvalue weighted by Gasteiger charge is -2.24. The van der Waals surface area contributed by atoms with Crippen LogP contribution < -0.4 is 10.5 Å². The van der Waals surface area contributed by atoms with Crippen LogP contribution in [0.3, 0.4) is 0 Å². The molecule has 20 heavy (non-hydrogen) atoms. The summed E-state index contributed by atoms with van der Waals surface area (Å²) in [5.74, 6) is 2.21. The number of anilines is 1. The summed E-state index contributed by atoms with van der Waals surface area (Å²) in [4.78, 5) is 8.11. The van der Waals surface area contributed by atoms with Gasteiger partial charge in [0, 0.05) is 17.2 Å². The summed E-state index contributed by atoms with van der Waals surface area (Å²) < 4.78 is 5.71. The molecule has 1 aliphatic heterocycles. The maximum Gasteiger partial charge on any atom is 0.123 e. The predicted molar refractivity (Wildman–Crippen MR) is 78.9 cm³/mol. The van der Waals surface area contributed by atoms with Crippen LogP contribution in [-0.2, 0) is 0 Å². The van der Waals surface area contributed by atoms with Crippen LogP contribution in [-0.4, -0.2) is 16.6 Å². The third-order valence-corrected chi connectivity index (χ3v) is 3.81. The van der Waals surface area contributed by atoms with Crippen LogP contribution >= 0.6 is 0 Å². The third kappa shape index (κ3) is 1.72. The fraction of sp³-hybridized carbons (Fsp3) is 0.188. The molecule has 0 saturated carbocycles. The number of fused-ring (bicyclic) bond motifs is 2. The van der Waals surface area contributed by atoms with E-state index in [4.69, 9.17) is 15.5 Å². The van der Waals surface area contributed by atoms with E-state index in [1.165, 1.54) is 5.56 Å². The van der Waals surface area contributed by atoms with Crippen molar-refractivity contribution in [3.63, 3.8) is 0 Å². The number of aromatic amines is 1. The van der Waals surface area contributed by atoms with Gasteiger partial charge in [-0.05, 0) is 30.7 Å². The second kappa shape index (κ2) is 4.27. The first-order valence-electron chi connectivity index (χ1n) is 6.78. The number of nitrogens with zero attached hydrogens (tertiary/aromatic N) is 1. The molecule has 1 aliphatic rings. The second-order valence-electron chi connectivity index (χ2n) is 5.13. The number of hydrogen-bond donors (Lipinski definition) is 2. The number of nitrogens with one attached hydrogen (secondary N) is 1. The Morgan fingerprint density at radius 3 is 3.05 bits per heavy atom. The summed E-state index contributed by atoms with van der Waals surface area (Å²) in [6.45, 7) is 0.723. The van der Waals surface area contributed by atoms with Crippen LogP contribution in [0.4, 0.5) is 5.69 Å². The summed E-state index contributed by atoms with van der Waals surface area (Å²) >= 11 is 0. The molecule has 0 spiro atoms. The van der Waals surface area contributed by atoms with Gasteiger partial charge in [-0.3, -0.25) is 0 Å². The van der Waals surface area contributed by atoms with Crippen molar-refractivity contribution in [1.82, 2.24) is 9.97 Å². The van der Waals surface area contributed by atoms with E-state index in [1.54, 1.807) is 0 Å². The first kappa shape index (κ1) is 11.3. The van der Waals surface area contributed by atoms with Gasteiger partial charge in [-0.25, -0.2) is 4.98 Å². The minimum absolute atomic E-state index is 0.258. The summed E-state index contributed by atoms with van der Waals surface area (Å²) in [6, 6.07) is 13.9. The number of rotatable bonds is 1. The van der Waals surface area contributed by atoms with E-state index >= 15 is 0 Å². The molecule has 3 aromatic rings. The van der Waals surface area contributed by atoms with Gasteiger partial charge < -0.3 is 15.5 Å². The Morgan fingerprint density at radius 1 is 1.20 bits per heavy atom. The number of aromatic nitrogens is 2. The number of imidazole rings is 1. The standard InChI is InChI=1S/C16H15N3O/c17-10-5-6-13-14(9-10)19-16(18-13)12-7-8-20-15-4-2-1-3-11(12)15/h1-6,9,12H,7-8,17H2,(H,18,19). The molecule has 2 aromatic carbocycles. The average Bonchev–Trinajstić information content (AvgIpc) is 2.89. The van der Waals surface area contributed by atoms with Crippen molar-refractivity contribution in [1.29, 1.82) is 0 Å².